The monoisotopic (exact) mass is 476 g/mol. The van der Waals surface area contributed by atoms with E-state index in [2.05, 4.69) is 6.58 Å². The van der Waals surface area contributed by atoms with Gasteiger partial charge in [0.05, 0.1) is 24.4 Å². The zero-order chi connectivity index (χ0) is 23.7. The summed E-state index contributed by atoms with van der Waals surface area (Å²) in [5.74, 6) is -2.23. The first kappa shape index (κ1) is 25.2. The predicted octanol–water partition coefficient (Wildman–Crippen LogP) is 5.63. The van der Waals surface area contributed by atoms with E-state index < -0.39 is 17.9 Å². The van der Waals surface area contributed by atoms with E-state index in [1.54, 1.807) is 50.2 Å². The van der Waals surface area contributed by atoms with Crippen LogP contribution in [0.3, 0.4) is 0 Å². The van der Waals surface area contributed by atoms with Crippen molar-refractivity contribution in [2.45, 2.75) is 20.3 Å². The third-order valence-corrected chi connectivity index (χ3v) is 4.64. The van der Waals surface area contributed by atoms with Crippen LogP contribution in [-0.2, 0) is 23.8 Å². The Kier molecular flexibility index (Phi) is 9.50. The molecule has 8 heteroatoms. The minimum absolute atomic E-state index is 0.00362. The van der Waals surface area contributed by atoms with Gasteiger partial charge in [0, 0.05) is 27.6 Å². The van der Waals surface area contributed by atoms with Crippen molar-refractivity contribution < 1.29 is 28.6 Å². The molecule has 0 aliphatic rings. The first-order valence-corrected chi connectivity index (χ1v) is 10.5. The summed E-state index contributed by atoms with van der Waals surface area (Å²) in [7, 11) is 0. The Bertz CT molecular complexity index is 1020. The first-order valence-electron chi connectivity index (χ1n) is 9.75. The largest absolute Gasteiger partial charge is 0.463 e. The number of benzene rings is 2. The lowest BCUT2D eigenvalue weighted by Gasteiger charge is -2.16. The molecule has 2 aromatic rings. The molecule has 0 unspecified atom stereocenters. The molecule has 0 atom stereocenters. The van der Waals surface area contributed by atoms with Crippen LogP contribution in [0.1, 0.15) is 36.2 Å². The third-order valence-electron chi connectivity index (χ3n) is 4.13. The molecule has 2 rings (SSSR count). The van der Waals surface area contributed by atoms with Crippen molar-refractivity contribution in [2.75, 3.05) is 13.2 Å². The van der Waals surface area contributed by atoms with Crippen molar-refractivity contribution in [2.24, 2.45) is 0 Å². The lowest BCUT2D eigenvalue weighted by Crippen LogP contribution is -2.17. The molecule has 0 aromatic heterocycles. The number of hydrogen-bond donors (Lipinski definition) is 0. The van der Waals surface area contributed by atoms with Gasteiger partial charge in [0.25, 0.3) is 0 Å². The zero-order valence-electron chi connectivity index (χ0n) is 17.7. The number of esters is 3. The average molecular weight is 477 g/mol. The van der Waals surface area contributed by atoms with Gasteiger partial charge in [0.2, 0.25) is 0 Å². The number of carbonyl (C=O) groups excluding carboxylic acids is 3. The van der Waals surface area contributed by atoms with Crippen LogP contribution in [0.15, 0.2) is 66.3 Å². The van der Waals surface area contributed by atoms with E-state index in [1.165, 1.54) is 12.1 Å². The van der Waals surface area contributed by atoms with Crippen molar-refractivity contribution in [3.8, 4) is 0 Å². The fourth-order valence-electron chi connectivity index (χ4n) is 2.62. The molecule has 168 valence electrons. The maximum Gasteiger partial charge on any atom is 0.343 e. The predicted molar refractivity (Wildman–Crippen MR) is 122 cm³/mol. The van der Waals surface area contributed by atoms with Crippen LogP contribution in [0.25, 0.3) is 5.76 Å². The molecular formula is C24H22Cl2O6. The zero-order valence-corrected chi connectivity index (χ0v) is 19.2. The Morgan fingerprint density at radius 3 is 1.75 bits per heavy atom. The van der Waals surface area contributed by atoms with E-state index in [-0.39, 0.29) is 42.1 Å². The standard InChI is InChI=1S/C24H22Cl2O6/c1-4-30-22(27)15(3)14-20(24(29)31-5-2)21(16-6-10-18(25)11-7-16)32-23(28)17-8-12-19(26)13-9-17/h6-13H,3-5,14H2,1-2H3/b21-20-. The molecular weight excluding hydrogens is 455 g/mol. The van der Waals surface area contributed by atoms with Crippen LogP contribution in [-0.4, -0.2) is 31.1 Å². The van der Waals surface area contributed by atoms with Crippen LogP contribution in [0, 0.1) is 0 Å². The highest BCUT2D eigenvalue weighted by Crippen LogP contribution is 2.28. The number of ether oxygens (including phenoxy) is 3. The minimum Gasteiger partial charge on any atom is -0.463 e. The molecule has 0 aliphatic carbocycles. The number of hydrogen-bond acceptors (Lipinski definition) is 6. The summed E-state index contributed by atoms with van der Waals surface area (Å²) in [6.45, 7) is 7.21. The maximum atomic E-state index is 12.8. The Hall–Kier alpha value is -3.09. The van der Waals surface area contributed by atoms with Crippen molar-refractivity contribution in [3.05, 3.63) is 87.4 Å². The second-order valence-electron chi connectivity index (χ2n) is 6.43. The molecule has 0 aliphatic heterocycles. The summed E-state index contributed by atoms with van der Waals surface area (Å²) in [4.78, 5) is 37.7. The van der Waals surface area contributed by atoms with Gasteiger partial charge < -0.3 is 14.2 Å². The van der Waals surface area contributed by atoms with E-state index in [0.29, 0.717) is 15.6 Å². The van der Waals surface area contributed by atoms with E-state index in [0.717, 1.165) is 0 Å². The molecule has 32 heavy (non-hydrogen) atoms. The van der Waals surface area contributed by atoms with E-state index in [9.17, 15) is 14.4 Å². The molecule has 0 saturated heterocycles. The van der Waals surface area contributed by atoms with Gasteiger partial charge in [-0.3, -0.25) is 0 Å². The third kappa shape index (κ3) is 6.97. The molecule has 0 amide bonds. The number of halogens is 2. The summed E-state index contributed by atoms with van der Waals surface area (Å²) < 4.78 is 15.7. The molecule has 0 fully saturated rings. The summed E-state index contributed by atoms with van der Waals surface area (Å²) in [5, 5.41) is 0.902. The van der Waals surface area contributed by atoms with Gasteiger partial charge in [-0.15, -0.1) is 0 Å². The Morgan fingerprint density at radius 1 is 0.781 bits per heavy atom. The van der Waals surface area contributed by atoms with Gasteiger partial charge >= 0.3 is 17.9 Å². The summed E-state index contributed by atoms with van der Waals surface area (Å²) in [5.41, 5.74) is 0.545. The smallest absolute Gasteiger partial charge is 0.343 e. The van der Waals surface area contributed by atoms with Crippen LogP contribution < -0.4 is 0 Å². The second-order valence-corrected chi connectivity index (χ2v) is 7.31. The summed E-state index contributed by atoms with van der Waals surface area (Å²) in [6.07, 6.45) is -0.247. The molecule has 0 saturated carbocycles. The van der Waals surface area contributed by atoms with Crippen LogP contribution in [0.4, 0.5) is 0 Å². The fraction of sp³-hybridized carbons (Fsp3) is 0.208. The van der Waals surface area contributed by atoms with Crippen LogP contribution >= 0.6 is 23.2 Å². The lowest BCUT2D eigenvalue weighted by molar-refractivity contribution is -0.139. The summed E-state index contributed by atoms with van der Waals surface area (Å²) >= 11 is 11.9. The molecule has 0 radical (unpaired) electrons. The minimum atomic E-state index is -0.758. The van der Waals surface area contributed by atoms with Crippen molar-refractivity contribution in [1.82, 2.24) is 0 Å². The SMILES string of the molecule is C=C(C/C(C(=O)OCC)=C(/OC(=O)c1ccc(Cl)cc1)c1ccc(Cl)cc1)C(=O)OCC. The lowest BCUT2D eigenvalue weighted by atomic mass is 10.0. The Balaban J connectivity index is 2.57. The highest BCUT2D eigenvalue weighted by molar-refractivity contribution is 6.31. The van der Waals surface area contributed by atoms with Crippen LogP contribution in [0.2, 0.25) is 10.0 Å². The van der Waals surface area contributed by atoms with Crippen LogP contribution in [0.5, 0.6) is 0 Å². The highest BCUT2D eigenvalue weighted by Gasteiger charge is 2.25. The quantitative estimate of drug-likeness (QED) is 0.202. The molecule has 2 aromatic carbocycles. The van der Waals surface area contributed by atoms with Gasteiger partial charge in [0.15, 0.2) is 0 Å². The number of rotatable bonds is 9. The van der Waals surface area contributed by atoms with Gasteiger partial charge in [-0.25, -0.2) is 14.4 Å². The second kappa shape index (κ2) is 12.1. The Labute approximate surface area is 196 Å². The molecule has 0 spiro atoms. The van der Waals surface area contributed by atoms with Gasteiger partial charge in [0.1, 0.15) is 5.76 Å². The Morgan fingerprint density at radius 2 is 1.25 bits per heavy atom. The molecule has 0 bridgehead atoms. The first-order chi connectivity index (χ1) is 15.3. The molecule has 0 heterocycles. The highest BCUT2D eigenvalue weighted by atomic mass is 35.5. The van der Waals surface area contributed by atoms with Gasteiger partial charge in [-0.1, -0.05) is 29.8 Å². The van der Waals surface area contributed by atoms with E-state index >= 15 is 0 Å². The van der Waals surface area contributed by atoms with Gasteiger partial charge in [-0.05, 0) is 62.4 Å². The summed E-state index contributed by atoms with van der Waals surface area (Å²) in [6, 6.07) is 12.4. The van der Waals surface area contributed by atoms with E-state index in [4.69, 9.17) is 37.4 Å². The van der Waals surface area contributed by atoms with E-state index in [1.807, 2.05) is 0 Å². The molecule has 0 N–H and O–H groups in total. The fourth-order valence-corrected chi connectivity index (χ4v) is 2.87. The van der Waals surface area contributed by atoms with Crippen molar-refractivity contribution >= 4 is 46.9 Å². The average Bonchev–Trinajstić information content (AvgIpc) is 2.77. The maximum absolute atomic E-state index is 12.8. The van der Waals surface area contributed by atoms with Crippen molar-refractivity contribution in [3.63, 3.8) is 0 Å². The normalized spacial score (nSPS) is 11.2. The topological polar surface area (TPSA) is 78.9 Å². The molecule has 6 nitrogen and oxygen atoms in total. The number of carbonyl (C=O) groups is 3. The van der Waals surface area contributed by atoms with Gasteiger partial charge in [-0.2, -0.15) is 0 Å². The van der Waals surface area contributed by atoms with Crippen molar-refractivity contribution in [1.29, 1.82) is 0 Å².